The van der Waals surface area contributed by atoms with Crippen molar-refractivity contribution in [3.63, 3.8) is 0 Å². The van der Waals surface area contributed by atoms with Crippen LogP contribution in [-0.4, -0.2) is 51.0 Å². The minimum atomic E-state index is -0.962. The SMILES string of the molecule is COc1cc(Cl)c(C)cc1NC(=O)C1(C(=O)NCCCN(C)C)CC1. The zero-order valence-electron chi connectivity index (χ0n) is 15.2. The molecule has 138 valence electrons. The van der Waals surface area contributed by atoms with Crippen molar-refractivity contribution in [2.75, 3.05) is 39.6 Å². The molecule has 25 heavy (non-hydrogen) atoms. The van der Waals surface area contributed by atoms with E-state index >= 15 is 0 Å². The average molecular weight is 368 g/mol. The fourth-order valence-electron chi connectivity index (χ4n) is 2.62. The third-order valence-electron chi connectivity index (χ3n) is 4.42. The van der Waals surface area contributed by atoms with Crippen molar-refractivity contribution in [1.82, 2.24) is 10.2 Å². The number of rotatable bonds is 8. The van der Waals surface area contributed by atoms with Gasteiger partial charge in [0, 0.05) is 17.6 Å². The molecule has 1 fully saturated rings. The Bertz CT molecular complexity index is 657. The van der Waals surface area contributed by atoms with Crippen LogP contribution >= 0.6 is 11.6 Å². The Morgan fingerprint density at radius 1 is 1.28 bits per heavy atom. The maximum atomic E-state index is 12.7. The predicted octanol–water partition coefficient (Wildman–Crippen LogP) is 2.44. The number of anilines is 1. The van der Waals surface area contributed by atoms with Gasteiger partial charge in [-0.25, -0.2) is 0 Å². The second-order valence-corrected chi connectivity index (χ2v) is 7.16. The van der Waals surface area contributed by atoms with Crippen LogP contribution in [0.3, 0.4) is 0 Å². The van der Waals surface area contributed by atoms with Gasteiger partial charge in [-0.1, -0.05) is 11.6 Å². The van der Waals surface area contributed by atoms with Crippen LogP contribution in [0.25, 0.3) is 0 Å². The summed E-state index contributed by atoms with van der Waals surface area (Å²) in [5.41, 5.74) is 0.397. The molecule has 2 rings (SSSR count). The first-order valence-corrected chi connectivity index (χ1v) is 8.76. The molecule has 2 N–H and O–H groups in total. The van der Waals surface area contributed by atoms with E-state index in [1.807, 2.05) is 21.0 Å². The van der Waals surface area contributed by atoms with E-state index in [0.29, 0.717) is 35.8 Å². The third-order valence-corrected chi connectivity index (χ3v) is 4.82. The smallest absolute Gasteiger partial charge is 0.240 e. The standard InChI is InChI=1S/C18H26ClN3O3/c1-12-10-14(15(25-4)11-13(12)19)21-17(24)18(6-7-18)16(23)20-8-5-9-22(2)3/h10-11H,5-9H2,1-4H3,(H,20,23)(H,21,24). The number of benzene rings is 1. The van der Waals surface area contributed by atoms with Crippen molar-refractivity contribution in [2.45, 2.75) is 26.2 Å². The summed E-state index contributed by atoms with van der Waals surface area (Å²) in [6, 6.07) is 3.41. The molecule has 1 saturated carbocycles. The second-order valence-electron chi connectivity index (χ2n) is 6.75. The largest absolute Gasteiger partial charge is 0.495 e. The first kappa shape index (κ1) is 19.5. The van der Waals surface area contributed by atoms with Crippen LogP contribution < -0.4 is 15.4 Å². The molecule has 0 aliphatic heterocycles. The van der Waals surface area contributed by atoms with Crippen molar-refractivity contribution in [1.29, 1.82) is 0 Å². The lowest BCUT2D eigenvalue weighted by molar-refractivity contribution is -0.134. The van der Waals surface area contributed by atoms with Gasteiger partial charge in [0.15, 0.2) is 0 Å². The highest BCUT2D eigenvalue weighted by molar-refractivity contribution is 6.31. The maximum Gasteiger partial charge on any atom is 0.240 e. The summed E-state index contributed by atoms with van der Waals surface area (Å²) >= 11 is 6.09. The van der Waals surface area contributed by atoms with Crippen molar-refractivity contribution in [2.24, 2.45) is 5.41 Å². The van der Waals surface area contributed by atoms with Crippen LogP contribution in [0.15, 0.2) is 12.1 Å². The molecule has 0 saturated heterocycles. The predicted molar refractivity (Wildman–Crippen MR) is 99.2 cm³/mol. The number of carbonyl (C=O) groups excluding carboxylic acids is 2. The minimum Gasteiger partial charge on any atom is -0.495 e. The topological polar surface area (TPSA) is 70.7 Å². The van der Waals surface area contributed by atoms with E-state index in [9.17, 15) is 9.59 Å². The molecule has 0 unspecified atom stereocenters. The van der Waals surface area contributed by atoms with Gasteiger partial charge in [0.05, 0.1) is 12.8 Å². The van der Waals surface area contributed by atoms with Gasteiger partial charge in [-0.05, 0) is 58.5 Å². The molecule has 1 aromatic carbocycles. The number of amides is 2. The van der Waals surface area contributed by atoms with Gasteiger partial charge in [0.2, 0.25) is 11.8 Å². The highest BCUT2D eigenvalue weighted by Gasteiger charge is 2.56. The molecule has 0 spiro atoms. The lowest BCUT2D eigenvalue weighted by atomic mass is 10.0. The molecule has 7 heteroatoms. The van der Waals surface area contributed by atoms with E-state index in [-0.39, 0.29) is 11.8 Å². The molecule has 0 radical (unpaired) electrons. The monoisotopic (exact) mass is 367 g/mol. The van der Waals surface area contributed by atoms with Crippen LogP contribution in [0.4, 0.5) is 5.69 Å². The first-order valence-electron chi connectivity index (χ1n) is 8.39. The number of hydrogen-bond acceptors (Lipinski definition) is 4. The zero-order valence-corrected chi connectivity index (χ0v) is 16.0. The van der Waals surface area contributed by atoms with E-state index in [2.05, 4.69) is 15.5 Å². The lowest BCUT2D eigenvalue weighted by Gasteiger charge is -2.18. The number of aryl methyl sites for hydroxylation is 1. The summed E-state index contributed by atoms with van der Waals surface area (Å²) in [6.45, 7) is 3.30. The van der Waals surface area contributed by atoms with Gasteiger partial charge in [-0.2, -0.15) is 0 Å². The van der Waals surface area contributed by atoms with Gasteiger partial charge >= 0.3 is 0 Å². The van der Waals surface area contributed by atoms with Gasteiger partial charge in [-0.15, -0.1) is 0 Å². The molecule has 0 atom stereocenters. The summed E-state index contributed by atoms with van der Waals surface area (Å²) in [4.78, 5) is 27.2. The van der Waals surface area contributed by atoms with E-state index < -0.39 is 5.41 Å². The van der Waals surface area contributed by atoms with Crippen LogP contribution in [-0.2, 0) is 9.59 Å². The molecule has 1 aromatic rings. The highest BCUT2D eigenvalue weighted by atomic mass is 35.5. The van der Waals surface area contributed by atoms with Crippen LogP contribution in [0.5, 0.6) is 5.75 Å². The number of halogens is 1. The fraction of sp³-hybridized carbons (Fsp3) is 0.556. The van der Waals surface area contributed by atoms with Crippen molar-refractivity contribution in [3.8, 4) is 5.75 Å². The normalized spacial score (nSPS) is 15.0. The van der Waals surface area contributed by atoms with Gasteiger partial charge in [-0.3, -0.25) is 9.59 Å². The number of hydrogen-bond donors (Lipinski definition) is 2. The summed E-state index contributed by atoms with van der Waals surface area (Å²) in [6.07, 6.45) is 1.97. The maximum absolute atomic E-state index is 12.7. The van der Waals surface area contributed by atoms with E-state index in [1.165, 1.54) is 7.11 Å². The van der Waals surface area contributed by atoms with Crippen LogP contribution in [0, 0.1) is 12.3 Å². The summed E-state index contributed by atoms with van der Waals surface area (Å²) < 4.78 is 5.27. The molecular formula is C18H26ClN3O3. The molecule has 1 aliphatic carbocycles. The third kappa shape index (κ3) is 4.64. The number of nitrogens with one attached hydrogen (secondary N) is 2. The molecule has 6 nitrogen and oxygen atoms in total. The van der Waals surface area contributed by atoms with Crippen molar-refractivity contribution < 1.29 is 14.3 Å². The quantitative estimate of drug-likeness (QED) is 0.547. The van der Waals surface area contributed by atoms with Crippen LogP contribution in [0.1, 0.15) is 24.8 Å². The zero-order chi connectivity index (χ0) is 18.6. The Labute approximate surface area is 153 Å². The Morgan fingerprint density at radius 3 is 2.52 bits per heavy atom. The highest BCUT2D eigenvalue weighted by Crippen LogP contribution is 2.47. The molecule has 1 aliphatic rings. The summed E-state index contributed by atoms with van der Waals surface area (Å²) in [5.74, 6) is -0.0165. The van der Waals surface area contributed by atoms with Gasteiger partial charge in [0.1, 0.15) is 11.2 Å². The molecule has 2 amide bonds. The van der Waals surface area contributed by atoms with Crippen molar-refractivity contribution >= 4 is 29.1 Å². The van der Waals surface area contributed by atoms with Gasteiger partial charge < -0.3 is 20.3 Å². The first-order chi connectivity index (χ1) is 11.8. The van der Waals surface area contributed by atoms with Crippen molar-refractivity contribution in [3.05, 3.63) is 22.7 Å². The summed E-state index contributed by atoms with van der Waals surface area (Å²) in [5, 5.41) is 6.27. The number of carbonyl (C=O) groups is 2. The number of ether oxygens (including phenoxy) is 1. The fourth-order valence-corrected chi connectivity index (χ4v) is 2.77. The molecule has 0 bridgehead atoms. The van der Waals surface area contributed by atoms with E-state index in [0.717, 1.165) is 18.5 Å². The lowest BCUT2D eigenvalue weighted by Crippen LogP contribution is -2.40. The average Bonchev–Trinajstić information content (AvgIpc) is 3.36. The van der Waals surface area contributed by atoms with E-state index in [4.69, 9.17) is 16.3 Å². The number of nitrogens with zero attached hydrogens (tertiary/aromatic N) is 1. The Hall–Kier alpha value is -1.79. The Morgan fingerprint density at radius 2 is 1.96 bits per heavy atom. The Balaban J connectivity index is 2.00. The minimum absolute atomic E-state index is 0.201. The number of methoxy groups -OCH3 is 1. The Kier molecular flexibility index (Phi) is 6.30. The molecule has 0 heterocycles. The second kappa shape index (κ2) is 8.06. The molecular weight excluding hydrogens is 342 g/mol. The van der Waals surface area contributed by atoms with E-state index in [1.54, 1.807) is 12.1 Å². The molecule has 0 aromatic heterocycles. The van der Waals surface area contributed by atoms with Gasteiger partial charge in [0.25, 0.3) is 0 Å². The van der Waals surface area contributed by atoms with Crippen LogP contribution in [0.2, 0.25) is 5.02 Å². The summed E-state index contributed by atoms with van der Waals surface area (Å²) in [7, 11) is 5.49.